The molecule has 0 aromatic heterocycles. The summed E-state index contributed by atoms with van der Waals surface area (Å²) in [4.78, 5) is 16.8. The summed E-state index contributed by atoms with van der Waals surface area (Å²) in [6.45, 7) is 11.1. The molecule has 1 unspecified atom stereocenters. The Bertz CT molecular complexity index is 769. The molecule has 0 spiro atoms. The average molecular weight is 563 g/mol. The molecule has 11 nitrogen and oxygen atoms in total. The van der Waals surface area contributed by atoms with E-state index in [0.717, 1.165) is 0 Å². The fraction of sp³-hybridized carbons (Fsp3) is 0.964. The van der Waals surface area contributed by atoms with Gasteiger partial charge in [-0.05, 0) is 67.1 Å². The van der Waals surface area contributed by atoms with E-state index in [1.807, 2.05) is 44.8 Å². The fourth-order valence-corrected chi connectivity index (χ4v) is 6.23. The molecule has 2 aliphatic heterocycles. The van der Waals surface area contributed by atoms with E-state index in [0.29, 0.717) is 13.0 Å². The highest BCUT2D eigenvalue weighted by Crippen LogP contribution is 2.35. The van der Waals surface area contributed by atoms with Gasteiger partial charge < -0.3 is 49.5 Å². The largest absolute Gasteiger partial charge is 0.459 e. The maximum absolute atomic E-state index is 13.1. The number of cyclic esters (lactones) is 1. The summed E-state index contributed by atoms with van der Waals surface area (Å²) in [5.41, 5.74) is -1.48. The van der Waals surface area contributed by atoms with Gasteiger partial charge in [0.2, 0.25) is 0 Å². The van der Waals surface area contributed by atoms with Crippen molar-refractivity contribution >= 4 is 5.97 Å². The first-order valence-electron chi connectivity index (χ1n) is 14.3. The number of esters is 1. The van der Waals surface area contributed by atoms with E-state index in [-0.39, 0.29) is 37.5 Å². The number of ether oxygens (including phenoxy) is 3. The molecule has 0 amide bonds. The van der Waals surface area contributed by atoms with Crippen LogP contribution in [0.3, 0.4) is 0 Å². The van der Waals surface area contributed by atoms with E-state index >= 15 is 0 Å². The van der Waals surface area contributed by atoms with Crippen LogP contribution in [0.25, 0.3) is 0 Å². The summed E-state index contributed by atoms with van der Waals surface area (Å²) in [5, 5.41) is 55.6. The Morgan fingerprint density at radius 3 is 2.23 bits per heavy atom. The molecular formula is C28H54N2O9. The number of carbonyl (C=O) groups is 1. The van der Waals surface area contributed by atoms with E-state index in [2.05, 4.69) is 0 Å². The van der Waals surface area contributed by atoms with Gasteiger partial charge in [-0.15, -0.1) is 0 Å². The molecule has 2 fully saturated rings. The minimum Gasteiger partial charge on any atom is -0.459 e. The number of aliphatic hydroxyl groups is 5. The molecule has 2 heterocycles. The first-order valence-corrected chi connectivity index (χ1v) is 14.3. The van der Waals surface area contributed by atoms with Gasteiger partial charge in [-0.2, -0.15) is 0 Å². The Labute approximate surface area is 234 Å². The predicted octanol–water partition coefficient (Wildman–Crippen LogP) is 0.197. The van der Waals surface area contributed by atoms with Crippen LogP contribution >= 0.6 is 0 Å². The van der Waals surface area contributed by atoms with Crippen LogP contribution < -0.4 is 0 Å². The van der Waals surface area contributed by atoms with Crippen molar-refractivity contribution < 1.29 is 44.5 Å². The van der Waals surface area contributed by atoms with Crippen molar-refractivity contribution in [1.29, 1.82) is 0 Å². The molecule has 0 aromatic carbocycles. The van der Waals surface area contributed by atoms with Crippen LogP contribution in [0.2, 0.25) is 0 Å². The van der Waals surface area contributed by atoms with Crippen LogP contribution in [0, 0.1) is 17.8 Å². The molecule has 2 rings (SSSR count). The standard InChI is InChI=1S/C28H54N2O9/c1-10-21-24(34)20(31)14-30(9)13-15(2)12-28(6,36)25(17(4)22(32)18(5)26(35)38-21)39-27-23(33)19(29(7)8)11-16(3)37-27/h15-25,27,31-34,36H,10-14H2,1-9H3/t15-,16-,17+,18-,19?,20-,21-,22+,23-,24+,25-,27+,28-/m1/s1. The quantitative estimate of drug-likeness (QED) is 0.299. The number of aliphatic hydroxyl groups excluding tert-OH is 4. The highest BCUT2D eigenvalue weighted by Gasteiger charge is 2.48. The number of hydrogen-bond acceptors (Lipinski definition) is 11. The highest BCUT2D eigenvalue weighted by atomic mass is 16.7. The zero-order valence-corrected chi connectivity index (χ0v) is 25.2. The molecule has 0 bridgehead atoms. The number of carbonyl (C=O) groups excluding carboxylic acids is 1. The summed E-state index contributed by atoms with van der Waals surface area (Å²) < 4.78 is 17.9. The van der Waals surface area contributed by atoms with E-state index in [1.165, 1.54) is 6.92 Å². The smallest absolute Gasteiger partial charge is 0.311 e. The molecule has 2 saturated heterocycles. The molecular weight excluding hydrogens is 508 g/mol. The van der Waals surface area contributed by atoms with Crippen molar-refractivity contribution in [3.8, 4) is 0 Å². The van der Waals surface area contributed by atoms with Crippen LogP contribution in [-0.2, 0) is 19.0 Å². The molecule has 0 aliphatic carbocycles. The van der Waals surface area contributed by atoms with Gasteiger partial charge in [-0.25, -0.2) is 0 Å². The van der Waals surface area contributed by atoms with E-state index in [9.17, 15) is 30.3 Å². The van der Waals surface area contributed by atoms with Crippen molar-refractivity contribution in [3.63, 3.8) is 0 Å². The zero-order chi connectivity index (χ0) is 29.8. The third-order valence-corrected chi connectivity index (χ3v) is 8.40. The Kier molecular flexibility index (Phi) is 12.6. The lowest BCUT2D eigenvalue weighted by atomic mass is 9.78. The van der Waals surface area contributed by atoms with Gasteiger partial charge >= 0.3 is 5.97 Å². The van der Waals surface area contributed by atoms with Gasteiger partial charge in [0.15, 0.2) is 6.29 Å². The second-order valence-electron chi connectivity index (χ2n) is 12.6. The van der Waals surface area contributed by atoms with Crippen LogP contribution in [0.1, 0.15) is 60.8 Å². The molecule has 2 aliphatic rings. The molecule has 0 saturated carbocycles. The van der Waals surface area contributed by atoms with Gasteiger partial charge in [0.05, 0.1) is 35.9 Å². The normalized spacial score (nSPS) is 46.4. The van der Waals surface area contributed by atoms with Gasteiger partial charge in [-0.3, -0.25) is 4.79 Å². The first kappa shape index (κ1) is 34.3. The molecule has 230 valence electrons. The van der Waals surface area contributed by atoms with Gasteiger partial charge in [0.1, 0.15) is 18.3 Å². The summed E-state index contributed by atoms with van der Waals surface area (Å²) in [6.07, 6.45) is -6.77. The molecule has 5 N–H and O–H groups in total. The number of rotatable bonds is 4. The molecule has 11 heteroatoms. The number of β-amino-alcohol motifs (C(OH)–C–C–N with tert-alkyl or cyclic N) is 1. The molecule has 39 heavy (non-hydrogen) atoms. The lowest BCUT2D eigenvalue weighted by Gasteiger charge is -2.46. The molecule has 13 atom stereocenters. The zero-order valence-electron chi connectivity index (χ0n) is 25.2. The summed E-state index contributed by atoms with van der Waals surface area (Å²) in [7, 11) is 5.56. The highest BCUT2D eigenvalue weighted by molar-refractivity contribution is 5.73. The summed E-state index contributed by atoms with van der Waals surface area (Å²) >= 11 is 0. The van der Waals surface area contributed by atoms with Crippen molar-refractivity contribution in [2.75, 3.05) is 34.2 Å². The number of likely N-dealkylation sites (N-methyl/N-ethyl adjacent to an activating group) is 2. The van der Waals surface area contributed by atoms with Crippen LogP contribution in [0.5, 0.6) is 0 Å². The maximum Gasteiger partial charge on any atom is 0.311 e. The van der Waals surface area contributed by atoms with Gasteiger partial charge in [-0.1, -0.05) is 20.8 Å². The summed E-state index contributed by atoms with van der Waals surface area (Å²) in [5.74, 6) is -2.58. The lowest BCUT2D eigenvalue weighted by molar-refractivity contribution is -0.299. The Morgan fingerprint density at radius 1 is 1.05 bits per heavy atom. The Balaban J connectivity index is 2.45. The number of hydrogen-bond donors (Lipinski definition) is 5. The third kappa shape index (κ3) is 8.80. The van der Waals surface area contributed by atoms with Crippen molar-refractivity contribution in [1.82, 2.24) is 9.80 Å². The summed E-state index contributed by atoms with van der Waals surface area (Å²) in [6, 6.07) is -0.225. The minimum absolute atomic E-state index is 0.0714. The molecule has 0 radical (unpaired) electrons. The second kappa shape index (κ2) is 14.3. The fourth-order valence-electron chi connectivity index (χ4n) is 6.23. The van der Waals surface area contributed by atoms with Crippen molar-refractivity contribution in [2.24, 2.45) is 17.8 Å². The molecule has 0 aromatic rings. The Hall–Kier alpha value is -0.890. The van der Waals surface area contributed by atoms with E-state index in [4.69, 9.17) is 14.2 Å². The third-order valence-electron chi connectivity index (χ3n) is 8.40. The van der Waals surface area contributed by atoms with Crippen LogP contribution in [0.4, 0.5) is 0 Å². The van der Waals surface area contributed by atoms with E-state index in [1.54, 1.807) is 20.8 Å². The minimum atomic E-state index is -1.48. The average Bonchev–Trinajstić information content (AvgIpc) is 2.83. The topological polar surface area (TPSA) is 152 Å². The van der Waals surface area contributed by atoms with Crippen LogP contribution in [-0.4, -0.2) is 136 Å². The maximum atomic E-state index is 13.1. The SMILES string of the molecule is CC[C@H]1OC(=O)[C@H](C)[C@@H](O)[C@H](C)[C@@H](O[C@@H]2O[C@H](C)CC(N(C)C)[C@H]2O)[C@](C)(O)C[C@@H](C)CN(C)C[C@@H](O)[C@@H]1O. The van der Waals surface area contributed by atoms with Crippen molar-refractivity contribution in [2.45, 2.75) is 121 Å². The van der Waals surface area contributed by atoms with Crippen molar-refractivity contribution in [3.05, 3.63) is 0 Å². The van der Waals surface area contributed by atoms with E-state index < -0.39 is 66.3 Å². The second-order valence-corrected chi connectivity index (χ2v) is 12.6. The van der Waals surface area contributed by atoms with Gasteiger partial charge in [0.25, 0.3) is 0 Å². The first-order chi connectivity index (χ1) is 18.0. The monoisotopic (exact) mass is 562 g/mol. The Morgan fingerprint density at radius 2 is 1.67 bits per heavy atom. The predicted molar refractivity (Wildman–Crippen MR) is 146 cm³/mol. The van der Waals surface area contributed by atoms with Crippen LogP contribution in [0.15, 0.2) is 0 Å². The lowest BCUT2D eigenvalue weighted by Crippen LogP contribution is -2.59. The number of nitrogens with zero attached hydrogens (tertiary/aromatic N) is 2. The van der Waals surface area contributed by atoms with Gasteiger partial charge in [0, 0.05) is 25.0 Å².